The molecule has 0 unspecified atom stereocenters. The summed E-state index contributed by atoms with van der Waals surface area (Å²) in [5.41, 5.74) is 1.62. The lowest BCUT2D eigenvalue weighted by molar-refractivity contribution is 0.222. The molecule has 0 aromatic heterocycles. The highest BCUT2D eigenvalue weighted by Crippen LogP contribution is 2.33. The Morgan fingerprint density at radius 1 is 1.06 bits per heavy atom. The van der Waals surface area contributed by atoms with E-state index in [4.69, 9.17) is 4.74 Å². The van der Waals surface area contributed by atoms with Crippen LogP contribution in [0.5, 0.6) is 5.75 Å². The fraction of sp³-hybridized carbons (Fsp3) is 0.625. The van der Waals surface area contributed by atoms with E-state index < -0.39 is 0 Å². The van der Waals surface area contributed by atoms with E-state index in [0.29, 0.717) is 11.3 Å². The standard InChI is InChI=1S/C16H26O/c1-12(2)16(5,6)11-14-9-7-8-10-15(14)17-13(3)4/h7-10,12-13H,11H2,1-6H3. The first-order chi connectivity index (χ1) is 7.83. The fourth-order valence-electron chi connectivity index (χ4n) is 1.71. The zero-order chi connectivity index (χ0) is 13.1. The Balaban J connectivity index is 2.90. The van der Waals surface area contributed by atoms with Gasteiger partial charge in [0.15, 0.2) is 0 Å². The van der Waals surface area contributed by atoms with Crippen molar-refractivity contribution >= 4 is 0 Å². The Bertz CT molecular complexity index is 350. The van der Waals surface area contributed by atoms with Gasteiger partial charge in [-0.1, -0.05) is 45.9 Å². The molecule has 0 aliphatic heterocycles. The normalized spacial score (nSPS) is 12.2. The minimum absolute atomic E-state index is 0.235. The first-order valence-electron chi connectivity index (χ1n) is 6.57. The summed E-state index contributed by atoms with van der Waals surface area (Å²) >= 11 is 0. The summed E-state index contributed by atoms with van der Waals surface area (Å²) in [5.74, 6) is 1.70. The fourth-order valence-corrected chi connectivity index (χ4v) is 1.71. The monoisotopic (exact) mass is 234 g/mol. The lowest BCUT2D eigenvalue weighted by Gasteiger charge is -2.30. The summed E-state index contributed by atoms with van der Waals surface area (Å²) < 4.78 is 5.87. The molecule has 1 aromatic rings. The van der Waals surface area contributed by atoms with E-state index in [1.165, 1.54) is 5.56 Å². The van der Waals surface area contributed by atoms with Gasteiger partial charge in [-0.15, -0.1) is 0 Å². The highest BCUT2D eigenvalue weighted by molar-refractivity contribution is 5.34. The molecule has 0 bridgehead atoms. The van der Waals surface area contributed by atoms with Gasteiger partial charge in [0.25, 0.3) is 0 Å². The topological polar surface area (TPSA) is 9.23 Å². The lowest BCUT2D eigenvalue weighted by Crippen LogP contribution is -2.22. The molecular formula is C16H26O. The third-order valence-corrected chi connectivity index (χ3v) is 3.54. The maximum atomic E-state index is 5.87. The minimum Gasteiger partial charge on any atom is -0.491 e. The molecule has 1 rings (SSSR count). The van der Waals surface area contributed by atoms with Crippen molar-refractivity contribution in [3.63, 3.8) is 0 Å². The highest BCUT2D eigenvalue weighted by Gasteiger charge is 2.24. The van der Waals surface area contributed by atoms with Crippen molar-refractivity contribution in [2.24, 2.45) is 11.3 Å². The van der Waals surface area contributed by atoms with Crippen LogP contribution in [0, 0.1) is 11.3 Å². The van der Waals surface area contributed by atoms with Gasteiger partial charge in [0, 0.05) is 0 Å². The lowest BCUT2D eigenvalue weighted by atomic mass is 9.76. The highest BCUT2D eigenvalue weighted by atomic mass is 16.5. The molecule has 0 saturated carbocycles. The molecule has 1 heteroatoms. The van der Waals surface area contributed by atoms with Crippen LogP contribution in [-0.2, 0) is 6.42 Å². The summed E-state index contributed by atoms with van der Waals surface area (Å²) in [6.45, 7) is 13.4. The van der Waals surface area contributed by atoms with E-state index in [9.17, 15) is 0 Å². The molecule has 0 radical (unpaired) electrons. The molecule has 0 saturated heterocycles. The van der Waals surface area contributed by atoms with Gasteiger partial charge in [0.1, 0.15) is 5.75 Å². The number of benzene rings is 1. The van der Waals surface area contributed by atoms with E-state index >= 15 is 0 Å². The number of hydrogen-bond acceptors (Lipinski definition) is 1. The first-order valence-corrected chi connectivity index (χ1v) is 6.57. The molecule has 0 atom stereocenters. The van der Waals surface area contributed by atoms with Gasteiger partial charge in [-0.3, -0.25) is 0 Å². The molecule has 1 aromatic carbocycles. The van der Waals surface area contributed by atoms with Crippen LogP contribution in [-0.4, -0.2) is 6.10 Å². The maximum Gasteiger partial charge on any atom is 0.122 e. The van der Waals surface area contributed by atoms with E-state index in [0.717, 1.165) is 12.2 Å². The molecule has 0 amide bonds. The van der Waals surface area contributed by atoms with Gasteiger partial charge in [0.2, 0.25) is 0 Å². The van der Waals surface area contributed by atoms with Crippen molar-refractivity contribution in [2.75, 3.05) is 0 Å². The maximum absolute atomic E-state index is 5.87. The van der Waals surface area contributed by atoms with Crippen molar-refractivity contribution in [1.29, 1.82) is 0 Å². The zero-order valence-electron chi connectivity index (χ0n) is 12.1. The molecular weight excluding hydrogens is 208 g/mol. The second-order valence-corrected chi connectivity index (χ2v) is 6.09. The summed E-state index contributed by atoms with van der Waals surface area (Å²) in [6.07, 6.45) is 1.30. The Labute approximate surface area is 106 Å². The minimum atomic E-state index is 0.235. The molecule has 17 heavy (non-hydrogen) atoms. The van der Waals surface area contributed by atoms with E-state index in [1.54, 1.807) is 0 Å². The predicted molar refractivity (Wildman–Crippen MR) is 74.5 cm³/mol. The van der Waals surface area contributed by atoms with Crippen LogP contribution in [0.25, 0.3) is 0 Å². The number of rotatable bonds is 5. The quantitative estimate of drug-likeness (QED) is 0.717. The Hall–Kier alpha value is -0.980. The summed E-state index contributed by atoms with van der Waals surface area (Å²) in [4.78, 5) is 0. The largest absolute Gasteiger partial charge is 0.491 e. The Kier molecular flexibility index (Phi) is 4.62. The smallest absolute Gasteiger partial charge is 0.122 e. The Morgan fingerprint density at radius 2 is 1.65 bits per heavy atom. The van der Waals surface area contributed by atoms with Crippen LogP contribution in [0.4, 0.5) is 0 Å². The third-order valence-electron chi connectivity index (χ3n) is 3.54. The Morgan fingerprint density at radius 3 is 2.18 bits per heavy atom. The molecule has 0 spiro atoms. The van der Waals surface area contributed by atoms with Gasteiger partial charge >= 0.3 is 0 Å². The molecule has 0 fully saturated rings. The predicted octanol–water partition coefficient (Wildman–Crippen LogP) is 4.70. The van der Waals surface area contributed by atoms with Crippen molar-refractivity contribution in [1.82, 2.24) is 0 Å². The summed E-state index contributed by atoms with van der Waals surface area (Å²) in [6, 6.07) is 8.40. The SMILES string of the molecule is CC(C)Oc1ccccc1CC(C)(C)C(C)C. The average molecular weight is 234 g/mol. The third kappa shape index (κ3) is 4.07. The molecule has 0 heterocycles. The van der Waals surface area contributed by atoms with Crippen molar-refractivity contribution in [2.45, 2.75) is 54.1 Å². The molecule has 0 aliphatic rings. The van der Waals surface area contributed by atoms with E-state index in [1.807, 2.05) is 6.07 Å². The molecule has 1 nitrogen and oxygen atoms in total. The number of ether oxygens (including phenoxy) is 1. The van der Waals surface area contributed by atoms with Gasteiger partial charge < -0.3 is 4.74 Å². The van der Waals surface area contributed by atoms with Crippen molar-refractivity contribution < 1.29 is 4.74 Å². The van der Waals surface area contributed by atoms with Crippen LogP contribution in [0.15, 0.2) is 24.3 Å². The summed E-state index contributed by atoms with van der Waals surface area (Å²) in [5, 5.41) is 0. The van der Waals surface area contributed by atoms with Gasteiger partial charge in [-0.2, -0.15) is 0 Å². The molecule has 0 aliphatic carbocycles. The second kappa shape index (κ2) is 5.57. The first kappa shape index (κ1) is 14.1. The van der Waals surface area contributed by atoms with Crippen LogP contribution in [0.1, 0.15) is 47.1 Å². The van der Waals surface area contributed by atoms with E-state index in [2.05, 4.69) is 59.7 Å². The van der Waals surface area contributed by atoms with Crippen LogP contribution >= 0.6 is 0 Å². The van der Waals surface area contributed by atoms with Gasteiger partial charge in [-0.25, -0.2) is 0 Å². The van der Waals surface area contributed by atoms with Gasteiger partial charge in [0.05, 0.1) is 6.10 Å². The van der Waals surface area contributed by atoms with E-state index in [-0.39, 0.29) is 6.10 Å². The van der Waals surface area contributed by atoms with Crippen LogP contribution in [0.3, 0.4) is 0 Å². The molecule has 96 valence electrons. The van der Waals surface area contributed by atoms with Crippen molar-refractivity contribution in [3.8, 4) is 5.75 Å². The molecule has 0 N–H and O–H groups in total. The van der Waals surface area contributed by atoms with Crippen LogP contribution in [0.2, 0.25) is 0 Å². The van der Waals surface area contributed by atoms with Crippen LogP contribution < -0.4 is 4.74 Å². The number of para-hydroxylation sites is 1. The van der Waals surface area contributed by atoms with Crippen molar-refractivity contribution in [3.05, 3.63) is 29.8 Å². The second-order valence-electron chi connectivity index (χ2n) is 6.09. The van der Waals surface area contributed by atoms with Gasteiger partial charge in [-0.05, 0) is 43.2 Å². The summed E-state index contributed by atoms with van der Waals surface area (Å²) in [7, 11) is 0. The zero-order valence-corrected chi connectivity index (χ0v) is 12.1. The average Bonchev–Trinajstić information content (AvgIpc) is 2.19. The number of hydrogen-bond donors (Lipinski definition) is 0.